The van der Waals surface area contributed by atoms with Gasteiger partial charge in [-0.25, -0.2) is 8.42 Å². The third-order valence-corrected chi connectivity index (χ3v) is 8.75. The zero-order valence-electron chi connectivity index (χ0n) is 17.1. The predicted octanol–water partition coefficient (Wildman–Crippen LogP) is 4.56. The SMILES string of the molecule is O=C(Nc1nnc(-c2ccc(Br)s2)o1)c1ccc(S(=O)(=O)N2CCc3ccccc3C2)cc1. The van der Waals surface area contributed by atoms with Crippen molar-refractivity contribution in [2.24, 2.45) is 0 Å². The summed E-state index contributed by atoms with van der Waals surface area (Å²) in [6.45, 7) is 0.753. The van der Waals surface area contributed by atoms with Crippen LogP contribution in [0.4, 0.5) is 6.01 Å². The lowest BCUT2D eigenvalue weighted by Crippen LogP contribution is -2.35. The first-order chi connectivity index (χ1) is 15.9. The van der Waals surface area contributed by atoms with E-state index in [-0.39, 0.29) is 16.5 Å². The van der Waals surface area contributed by atoms with Crippen LogP contribution >= 0.6 is 27.3 Å². The molecule has 0 unspecified atom stereocenters. The van der Waals surface area contributed by atoms with Gasteiger partial charge < -0.3 is 4.42 Å². The number of nitrogens with one attached hydrogen (secondary N) is 1. The number of sulfonamides is 1. The number of carbonyl (C=O) groups is 1. The zero-order chi connectivity index (χ0) is 23.0. The van der Waals surface area contributed by atoms with E-state index in [4.69, 9.17) is 4.42 Å². The molecule has 0 fully saturated rings. The molecule has 1 N–H and O–H groups in total. The van der Waals surface area contributed by atoms with Crippen LogP contribution in [-0.4, -0.2) is 35.4 Å². The molecule has 2 aromatic heterocycles. The summed E-state index contributed by atoms with van der Waals surface area (Å²) in [5.74, 6) is -0.182. The Kier molecular flexibility index (Phi) is 5.87. The summed E-state index contributed by atoms with van der Waals surface area (Å²) in [7, 11) is -3.67. The van der Waals surface area contributed by atoms with E-state index < -0.39 is 15.9 Å². The molecule has 0 bridgehead atoms. The number of amides is 1. The van der Waals surface area contributed by atoms with Gasteiger partial charge in [0.1, 0.15) is 0 Å². The zero-order valence-corrected chi connectivity index (χ0v) is 20.3. The third kappa shape index (κ3) is 4.49. The minimum Gasteiger partial charge on any atom is -0.402 e. The molecule has 0 spiro atoms. The average Bonchev–Trinajstić information content (AvgIpc) is 3.47. The Morgan fingerprint density at radius 3 is 2.52 bits per heavy atom. The summed E-state index contributed by atoms with van der Waals surface area (Å²) >= 11 is 4.80. The van der Waals surface area contributed by atoms with E-state index in [1.807, 2.05) is 36.4 Å². The van der Waals surface area contributed by atoms with Gasteiger partial charge in [0.25, 0.3) is 11.8 Å². The minimum atomic E-state index is -3.67. The van der Waals surface area contributed by atoms with E-state index in [1.54, 1.807) is 0 Å². The maximum atomic E-state index is 13.1. The maximum absolute atomic E-state index is 13.1. The van der Waals surface area contributed by atoms with Crippen LogP contribution < -0.4 is 5.32 Å². The van der Waals surface area contributed by atoms with E-state index in [1.165, 1.54) is 45.5 Å². The highest BCUT2D eigenvalue weighted by atomic mass is 79.9. The Bertz CT molecular complexity index is 1430. The number of aromatic nitrogens is 2. The Balaban J connectivity index is 1.28. The van der Waals surface area contributed by atoms with Gasteiger partial charge in [-0.3, -0.25) is 10.1 Å². The van der Waals surface area contributed by atoms with Crippen LogP contribution in [0.2, 0.25) is 0 Å². The number of rotatable bonds is 5. The molecule has 0 saturated heterocycles. The quantitative estimate of drug-likeness (QED) is 0.394. The van der Waals surface area contributed by atoms with Crippen molar-refractivity contribution in [3.05, 3.63) is 81.1 Å². The maximum Gasteiger partial charge on any atom is 0.322 e. The lowest BCUT2D eigenvalue weighted by Gasteiger charge is -2.28. The van der Waals surface area contributed by atoms with Crippen molar-refractivity contribution >= 4 is 49.2 Å². The summed E-state index contributed by atoms with van der Waals surface area (Å²) in [6, 6.07) is 17.3. The summed E-state index contributed by atoms with van der Waals surface area (Å²) < 4.78 is 34.1. The van der Waals surface area contributed by atoms with Gasteiger partial charge in [-0.2, -0.15) is 4.31 Å². The van der Waals surface area contributed by atoms with Crippen LogP contribution in [0, 0.1) is 0 Å². The van der Waals surface area contributed by atoms with Gasteiger partial charge in [-0.15, -0.1) is 16.4 Å². The first kappa shape index (κ1) is 22.0. The van der Waals surface area contributed by atoms with Crippen molar-refractivity contribution in [1.29, 1.82) is 0 Å². The largest absolute Gasteiger partial charge is 0.402 e. The highest BCUT2D eigenvalue weighted by molar-refractivity contribution is 9.11. The predicted molar refractivity (Wildman–Crippen MR) is 127 cm³/mol. The van der Waals surface area contributed by atoms with Gasteiger partial charge in [-0.1, -0.05) is 29.4 Å². The Hall–Kier alpha value is -2.86. The topological polar surface area (TPSA) is 105 Å². The van der Waals surface area contributed by atoms with Crippen molar-refractivity contribution < 1.29 is 17.6 Å². The van der Waals surface area contributed by atoms with E-state index in [9.17, 15) is 13.2 Å². The van der Waals surface area contributed by atoms with Gasteiger partial charge in [0.05, 0.1) is 13.6 Å². The fourth-order valence-electron chi connectivity index (χ4n) is 3.57. The molecular weight excluding hydrogens is 528 g/mol. The molecule has 11 heteroatoms. The van der Waals surface area contributed by atoms with Crippen LogP contribution in [0.5, 0.6) is 0 Å². The van der Waals surface area contributed by atoms with Crippen LogP contribution in [0.3, 0.4) is 0 Å². The van der Waals surface area contributed by atoms with Gasteiger partial charge in [0.15, 0.2) is 0 Å². The summed E-state index contributed by atoms with van der Waals surface area (Å²) in [5, 5.41) is 10.3. The molecule has 2 aromatic carbocycles. The van der Waals surface area contributed by atoms with Crippen LogP contribution in [0.15, 0.2) is 73.8 Å². The number of fused-ring (bicyclic) bond motifs is 1. The normalized spacial score (nSPS) is 14.1. The molecule has 0 saturated carbocycles. The van der Waals surface area contributed by atoms with Crippen molar-refractivity contribution in [3.63, 3.8) is 0 Å². The van der Waals surface area contributed by atoms with Gasteiger partial charge in [0, 0.05) is 18.7 Å². The number of hydrogen-bond donors (Lipinski definition) is 1. The second kappa shape index (κ2) is 8.82. The van der Waals surface area contributed by atoms with Crippen LogP contribution in [-0.2, 0) is 23.0 Å². The molecule has 5 rings (SSSR count). The second-order valence-electron chi connectivity index (χ2n) is 7.35. The van der Waals surface area contributed by atoms with Crippen molar-refractivity contribution in [2.75, 3.05) is 11.9 Å². The van der Waals surface area contributed by atoms with Gasteiger partial charge >= 0.3 is 6.01 Å². The minimum absolute atomic E-state index is 0.0387. The molecule has 4 aromatic rings. The van der Waals surface area contributed by atoms with Gasteiger partial charge in [0.2, 0.25) is 10.0 Å². The molecule has 1 amide bonds. The van der Waals surface area contributed by atoms with E-state index in [0.29, 0.717) is 25.4 Å². The lowest BCUT2D eigenvalue weighted by molar-refractivity contribution is 0.102. The molecule has 1 aliphatic heterocycles. The number of benzene rings is 2. The van der Waals surface area contributed by atoms with Crippen molar-refractivity contribution in [2.45, 2.75) is 17.9 Å². The number of nitrogens with zero attached hydrogens (tertiary/aromatic N) is 3. The standard InChI is InChI=1S/C22H17BrN4O4S2/c23-19-10-9-18(32-19)21-25-26-22(31-21)24-20(28)15-5-7-17(8-6-15)33(29,30)27-12-11-14-3-1-2-4-16(14)13-27/h1-10H,11-13H2,(H,24,26,28). The third-order valence-electron chi connectivity index (χ3n) is 5.28. The Morgan fingerprint density at radius 2 is 1.79 bits per heavy atom. The number of thiophene rings is 1. The highest BCUT2D eigenvalue weighted by Gasteiger charge is 2.28. The summed E-state index contributed by atoms with van der Waals surface area (Å²) in [6.07, 6.45) is 0.671. The molecule has 3 heterocycles. The van der Waals surface area contributed by atoms with E-state index >= 15 is 0 Å². The van der Waals surface area contributed by atoms with Gasteiger partial charge in [-0.05, 0) is 69.9 Å². The molecule has 1 aliphatic rings. The fourth-order valence-corrected chi connectivity index (χ4v) is 6.30. The monoisotopic (exact) mass is 544 g/mol. The molecule has 0 radical (unpaired) electrons. The average molecular weight is 545 g/mol. The smallest absolute Gasteiger partial charge is 0.322 e. The fraction of sp³-hybridized carbons (Fsp3) is 0.136. The van der Waals surface area contributed by atoms with Crippen molar-refractivity contribution in [1.82, 2.24) is 14.5 Å². The van der Waals surface area contributed by atoms with E-state index in [0.717, 1.165) is 14.2 Å². The van der Waals surface area contributed by atoms with E-state index in [2.05, 4.69) is 31.4 Å². The number of anilines is 1. The number of hydrogen-bond acceptors (Lipinski definition) is 7. The Morgan fingerprint density at radius 1 is 1.03 bits per heavy atom. The highest BCUT2D eigenvalue weighted by Crippen LogP contribution is 2.31. The Labute approximate surface area is 202 Å². The summed E-state index contributed by atoms with van der Waals surface area (Å²) in [5.41, 5.74) is 2.46. The van der Waals surface area contributed by atoms with Crippen LogP contribution in [0.1, 0.15) is 21.5 Å². The molecule has 33 heavy (non-hydrogen) atoms. The number of halogens is 1. The molecule has 0 atom stereocenters. The number of carbonyl (C=O) groups excluding carboxylic acids is 1. The molecular formula is C22H17BrN4O4S2. The molecule has 0 aliphatic carbocycles. The second-order valence-corrected chi connectivity index (χ2v) is 11.8. The molecule has 8 nitrogen and oxygen atoms in total. The van der Waals surface area contributed by atoms with Crippen molar-refractivity contribution in [3.8, 4) is 10.8 Å². The van der Waals surface area contributed by atoms with Crippen LogP contribution in [0.25, 0.3) is 10.8 Å². The molecule has 168 valence electrons. The first-order valence-electron chi connectivity index (χ1n) is 9.98. The lowest BCUT2D eigenvalue weighted by atomic mass is 10.0. The first-order valence-corrected chi connectivity index (χ1v) is 13.0. The summed E-state index contributed by atoms with van der Waals surface area (Å²) in [4.78, 5) is 13.5.